The van der Waals surface area contributed by atoms with E-state index in [0.29, 0.717) is 10.0 Å². The van der Waals surface area contributed by atoms with Gasteiger partial charge in [0.1, 0.15) is 6.04 Å². The highest BCUT2D eigenvalue weighted by molar-refractivity contribution is 9.10. The molecule has 0 aliphatic heterocycles. The van der Waals surface area contributed by atoms with Crippen LogP contribution >= 0.6 is 15.9 Å². The first-order valence-electron chi connectivity index (χ1n) is 9.13. The van der Waals surface area contributed by atoms with Gasteiger partial charge in [0.25, 0.3) is 5.91 Å². The van der Waals surface area contributed by atoms with E-state index in [9.17, 15) is 9.59 Å². The third-order valence-electron chi connectivity index (χ3n) is 4.61. The molecule has 0 saturated heterocycles. The van der Waals surface area contributed by atoms with Crippen LogP contribution in [0.3, 0.4) is 0 Å². The zero-order chi connectivity index (χ0) is 20.1. The van der Waals surface area contributed by atoms with E-state index in [0.717, 1.165) is 16.7 Å². The minimum Gasteiger partial charge on any atom is -0.348 e. The van der Waals surface area contributed by atoms with Crippen molar-refractivity contribution in [1.29, 1.82) is 0 Å². The number of carbonyl (C=O) groups excluding carboxylic acids is 2. The lowest BCUT2D eigenvalue weighted by atomic mass is 9.98. The van der Waals surface area contributed by atoms with Crippen LogP contribution in [0.1, 0.15) is 53.9 Å². The number of carbonyl (C=O) groups is 2. The molecule has 2 atom stereocenters. The second-order valence-corrected chi connectivity index (χ2v) is 8.12. The van der Waals surface area contributed by atoms with Crippen molar-refractivity contribution >= 4 is 27.7 Å². The Labute approximate surface area is 169 Å². The normalized spacial score (nSPS) is 13.1. The Morgan fingerprint density at radius 1 is 0.963 bits per heavy atom. The van der Waals surface area contributed by atoms with Crippen molar-refractivity contribution < 1.29 is 9.59 Å². The molecule has 0 radical (unpaired) electrons. The van der Waals surface area contributed by atoms with Gasteiger partial charge >= 0.3 is 0 Å². The van der Waals surface area contributed by atoms with Gasteiger partial charge in [0.05, 0.1) is 11.6 Å². The molecule has 144 valence electrons. The number of amides is 2. The standard InChI is InChI=1S/C22H27BrN2O2/c1-13(2)20(25-21(26)17-8-6-7-9-19(17)23)22(27)24-16(5)18-12-14(3)10-11-15(18)4/h6-13,16,20H,1-5H3,(H,24,27)(H,25,26). The van der Waals surface area contributed by atoms with Gasteiger partial charge in [0.15, 0.2) is 0 Å². The van der Waals surface area contributed by atoms with Gasteiger partial charge < -0.3 is 10.6 Å². The molecule has 0 aliphatic carbocycles. The summed E-state index contributed by atoms with van der Waals surface area (Å²) in [7, 11) is 0. The summed E-state index contributed by atoms with van der Waals surface area (Å²) in [4.78, 5) is 25.5. The van der Waals surface area contributed by atoms with Gasteiger partial charge in [0.2, 0.25) is 5.91 Å². The minimum atomic E-state index is -0.614. The number of hydrogen-bond donors (Lipinski definition) is 2. The van der Waals surface area contributed by atoms with Crippen molar-refractivity contribution in [2.75, 3.05) is 0 Å². The zero-order valence-electron chi connectivity index (χ0n) is 16.5. The first kappa shape index (κ1) is 21.2. The molecule has 0 aromatic heterocycles. The molecule has 27 heavy (non-hydrogen) atoms. The molecule has 0 bridgehead atoms. The Hall–Kier alpha value is -2.14. The van der Waals surface area contributed by atoms with E-state index in [1.54, 1.807) is 12.1 Å². The summed E-state index contributed by atoms with van der Waals surface area (Å²) in [5.74, 6) is -0.489. The smallest absolute Gasteiger partial charge is 0.253 e. The average molecular weight is 431 g/mol. The predicted octanol–water partition coefficient (Wildman–Crippen LogP) is 4.70. The predicted molar refractivity (Wildman–Crippen MR) is 113 cm³/mol. The molecular weight excluding hydrogens is 404 g/mol. The fourth-order valence-corrected chi connectivity index (χ4v) is 3.47. The van der Waals surface area contributed by atoms with Crippen LogP contribution in [0.5, 0.6) is 0 Å². The van der Waals surface area contributed by atoms with E-state index >= 15 is 0 Å². The van der Waals surface area contributed by atoms with Gasteiger partial charge in [-0.2, -0.15) is 0 Å². The maximum atomic E-state index is 12.9. The molecule has 2 N–H and O–H groups in total. The summed E-state index contributed by atoms with van der Waals surface area (Å²) in [6, 6.07) is 12.6. The van der Waals surface area contributed by atoms with E-state index in [1.807, 2.05) is 46.8 Å². The van der Waals surface area contributed by atoms with E-state index in [4.69, 9.17) is 0 Å². The monoisotopic (exact) mass is 430 g/mol. The molecule has 0 fully saturated rings. The average Bonchev–Trinajstić information content (AvgIpc) is 2.61. The maximum absolute atomic E-state index is 12.9. The topological polar surface area (TPSA) is 58.2 Å². The number of rotatable bonds is 6. The lowest BCUT2D eigenvalue weighted by Gasteiger charge is -2.25. The number of halogens is 1. The molecular formula is C22H27BrN2O2. The third kappa shape index (κ3) is 5.42. The van der Waals surface area contributed by atoms with Crippen LogP contribution in [0.15, 0.2) is 46.9 Å². The fraction of sp³-hybridized carbons (Fsp3) is 0.364. The molecule has 2 aromatic carbocycles. The number of benzene rings is 2. The summed E-state index contributed by atoms with van der Waals surface area (Å²) in [5, 5.41) is 5.93. The van der Waals surface area contributed by atoms with E-state index < -0.39 is 6.04 Å². The van der Waals surface area contributed by atoms with Crippen LogP contribution in [0.4, 0.5) is 0 Å². The van der Waals surface area contributed by atoms with Gasteiger partial charge in [-0.3, -0.25) is 9.59 Å². The first-order valence-corrected chi connectivity index (χ1v) is 9.93. The second-order valence-electron chi connectivity index (χ2n) is 7.27. The molecule has 0 aliphatic rings. The molecule has 2 rings (SSSR count). The molecule has 5 heteroatoms. The van der Waals surface area contributed by atoms with Gasteiger partial charge in [-0.25, -0.2) is 0 Å². The Morgan fingerprint density at radius 3 is 2.26 bits per heavy atom. The lowest BCUT2D eigenvalue weighted by molar-refractivity contribution is -0.124. The number of aryl methyl sites for hydroxylation is 2. The Bertz CT molecular complexity index is 833. The van der Waals surface area contributed by atoms with Crippen LogP contribution in [-0.4, -0.2) is 17.9 Å². The Morgan fingerprint density at radius 2 is 1.63 bits per heavy atom. The van der Waals surface area contributed by atoms with Crippen LogP contribution in [0.25, 0.3) is 0 Å². The van der Waals surface area contributed by atoms with E-state index in [1.165, 1.54) is 0 Å². The molecule has 0 spiro atoms. The van der Waals surface area contributed by atoms with Crippen LogP contribution in [0.2, 0.25) is 0 Å². The SMILES string of the molecule is Cc1ccc(C)c(C(C)NC(=O)C(NC(=O)c2ccccc2Br)C(C)C)c1. The first-order chi connectivity index (χ1) is 12.7. The van der Waals surface area contributed by atoms with Crippen molar-refractivity contribution in [2.24, 2.45) is 5.92 Å². The largest absolute Gasteiger partial charge is 0.348 e. The van der Waals surface area contributed by atoms with Gasteiger partial charge in [-0.05, 0) is 65.9 Å². The van der Waals surface area contributed by atoms with Crippen LogP contribution < -0.4 is 10.6 Å². The zero-order valence-corrected chi connectivity index (χ0v) is 18.1. The molecule has 4 nitrogen and oxygen atoms in total. The quantitative estimate of drug-likeness (QED) is 0.697. The van der Waals surface area contributed by atoms with Crippen LogP contribution in [0, 0.1) is 19.8 Å². The van der Waals surface area contributed by atoms with Gasteiger partial charge in [0, 0.05) is 4.47 Å². The van der Waals surface area contributed by atoms with E-state index in [2.05, 4.69) is 44.8 Å². The number of hydrogen-bond acceptors (Lipinski definition) is 2. The summed E-state index contributed by atoms with van der Waals surface area (Å²) >= 11 is 3.39. The lowest BCUT2D eigenvalue weighted by Crippen LogP contribution is -2.50. The Balaban J connectivity index is 2.14. The van der Waals surface area contributed by atoms with Crippen molar-refractivity contribution in [2.45, 2.75) is 46.7 Å². The highest BCUT2D eigenvalue weighted by atomic mass is 79.9. The minimum absolute atomic E-state index is 0.0396. The summed E-state index contributed by atoms with van der Waals surface area (Å²) in [5.41, 5.74) is 3.88. The summed E-state index contributed by atoms with van der Waals surface area (Å²) < 4.78 is 0.703. The molecule has 0 heterocycles. The Kier molecular flexibility index (Phi) is 7.19. The van der Waals surface area contributed by atoms with Crippen molar-refractivity contribution in [3.05, 3.63) is 69.2 Å². The second kappa shape index (κ2) is 9.18. The highest BCUT2D eigenvalue weighted by Gasteiger charge is 2.26. The third-order valence-corrected chi connectivity index (χ3v) is 5.31. The molecule has 2 aromatic rings. The van der Waals surface area contributed by atoms with Crippen molar-refractivity contribution in [1.82, 2.24) is 10.6 Å². The summed E-state index contributed by atoms with van der Waals surface area (Å²) in [6.45, 7) is 9.88. The van der Waals surface area contributed by atoms with Crippen molar-refractivity contribution in [3.63, 3.8) is 0 Å². The molecule has 2 amide bonds. The van der Waals surface area contributed by atoms with E-state index in [-0.39, 0.29) is 23.8 Å². The summed E-state index contributed by atoms with van der Waals surface area (Å²) in [6.07, 6.45) is 0. The van der Waals surface area contributed by atoms with Gasteiger partial charge in [-0.15, -0.1) is 0 Å². The van der Waals surface area contributed by atoms with Gasteiger partial charge in [-0.1, -0.05) is 49.7 Å². The molecule has 0 saturated carbocycles. The fourth-order valence-electron chi connectivity index (χ4n) is 3.01. The van der Waals surface area contributed by atoms with Crippen LogP contribution in [-0.2, 0) is 4.79 Å². The molecule has 2 unspecified atom stereocenters. The maximum Gasteiger partial charge on any atom is 0.253 e. The highest BCUT2D eigenvalue weighted by Crippen LogP contribution is 2.20. The van der Waals surface area contributed by atoms with Crippen molar-refractivity contribution in [3.8, 4) is 0 Å². The number of nitrogens with one attached hydrogen (secondary N) is 2.